The molecule has 7 nitrogen and oxygen atoms in total. The number of anilines is 1. The first kappa shape index (κ1) is 15.0. The third kappa shape index (κ3) is 4.01. The molecule has 21 heavy (non-hydrogen) atoms. The highest BCUT2D eigenvalue weighted by atomic mass is 32.2. The molecule has 1 aromatic heterocycles. The van der Waals surface area contributed by atoms with Crippen molar-refractivity contribution in [3.8, 4) is 6.07 Å². The fraction of sp³-hybridized carbons (Fsp3) is 0.0833. The van der Waals surface area contributed by atoms with Gasteiger partial charge in [-0.2, -0.15) is 16.6 Å². The van der Waals surface area contributed by atoms with E-state index in [1.165, 1.54) is 30.5 Å². The number of rotatable bonds is 5. The van der Waals surface area contributed by atoms with E-state index in [2.05, 4.69) is 15.0 Å². The van der Waals surface area contributed by atoms with Crippen LogP contribution in [0.1, 0.15) is 6.42 Å². The average Bonchev–Trinajstić information content (AvgIpc) is 2.91. The molecule has 0 aliphatic carbocycles. The van der Waals surface area contributed by atoms with Crippen molar-refractivity contribution in [1.29, 1.82) is 5.26 Å². The van der Waals surface area contributed by atoms with E-state index in [0.717, 1.165) is 11.3 Å². The first-order valence-corrected chi connectivity index (χ1v) is 7.97. The standard InChI is InChI=1S/C12H10N4O3S2/c13-6-5-11(17)15-9-1-3-10(4-2-9)21(18,19)16-12-14-7-8-20-12/h1-4,7-8H,5H2,(H2,14,15,16,17)/p-1. The van der Waals surface area contributed by atoms with Crippen molar-refractivity contribution in [3.63, 3.8) is 0 Å². The van der Waals surface area contributed by atoms with Crippen LogP contribution in [0, 0.1) is 11.3 Å². The smallest absolute Gasteiger partial charge is 0.238 e. The number of hydrogen-bond donors (Lipinski definition) is 1. The number of carbonyl (C=O) groups is 1. The van der Waals surface area contributed by atoms with Crippen molar-refractivity contribution in [2.75, 3.05) is 5.32 Å². The average molecular weight is 321 g/mol. The summed E-state index contributed by atoms with van der Waals surface area (Å²) in [6, 6.07) is 7.24. The van der Waals surface area contributed by atoms with Gasteiger partial charge in [0.05, 0.1) is 11.0 Å². The van der Waals surface area contributed by atoms with Crippen LogP contribution in [0.4, 0.5) is 10.8 Å². The third-order valence-corrected chi connectivity index (χ3v) is 4.36. The quantitative estimate of drug-likeness (QED) is 0.908. The van der Waals surface area contributed by atoms with Crippen LogP contribution in [0.3, 0.4) is 0 Å². The van der Waals surface area contributed by atoms with Crippen molar-refractivity contribution in [1.82, 2.24) is 4.98 Å². The first-order valence-electron chi connectivity index (χ1n) is 5.65. The molecule has 1 aromatic carbocycles. The third-order valence-electron chi connectivity index (χ3n) is 2.29. The summed E-state index contributed by atoms with van der Waals surface area (Å²) in [5, 5.41) is 12.6. The number of nitrogens with zero attached hydrogens (tertiary/aromatic N) is 3. The van der Waals surface area contributed by atoms with Gasteiger partial charge in [0.25, 0.3) is 0 Å². The van der Waals surface area contributed by atoms with Crippen molar-refractivity contribution in [3.05, 3.63) is 40.6 Å². The van der Waals surface area contributed by atoms with E-state index in [1.54, 1.807) is 11.4 Å². The maximum absolute atomic E-state index is 12.0. The summed E-state index contributed by atoms with van der Waals surface area (Å²) in [6.07, 6.45) is 1.20. The monoisotopic (exact) mass is 321 g/mol. The van der Waals surface area contributed by atoms with Crippen molar-refractivity contribution >= 4 is 38.1 Å². The summed E-state index contributed by atoms with van der Waals surface area (Å²) in [5.41, 5.74) is 0.406. The van der Waals surface area contributed by atoms with Gasteiger partial charge >= 0.3 is 0 Å². The number of sulfonamides is 1. The van der Waals surface area contributed by atoms with Crippen LogP contribution < -0.4 is 5.32 Å². The second-order valence-electron chi connectivity index (χ2n) is 3.79. The molecule has 0 radical (unpaired) electrons. The van der Waals surface area contributed by atoms with Crippen molar-refractivity contribution < 1.29 is 13.2 Å². The molecular weight excluding hydrogens is 312 g/mol. The second kappa shape index (κ2) is 6.34. The molecule has 1 heterocycles. The van der Waals surface area contributed by atoms with Crippen LogP contribution in [0.5, 0.6) is 0 Å². The van der Waals surface area contributed by atoms with Crippen LogP contribution in [0.2, 0.25) is 0 Å². The summed E-state index contributed by atoms with van der Waals surface area (Å²) >= 11 is 1.12. The summed E-state index contributed by atoms with van der Waals surface area (Å²) in [7, 11) is -3.83. The van der Waals surface area contributed by atoms with Crippen molar-refractivity contribution in [2.45, 2.75) is 11.3 Å². The first-order chi connectivity index (χ1) is 10.0. The molecule has 0 saturated heterocycles. The lowest BCUT2D eigenvalue weighted by Gasteiger charge is -2.12. The maximum atomic E-state index is 12.0. The predicted molar refractivity (Wildman–Crippen MR) is 77.6 cm³/mol. The Morgan fingerprint density at radius 2 is 2.10 bits per heavy atom. The van der Waals surface area contributed by atoms with Crippen LogP contribution >= 0.6 is 11.3 Å². The molecule has 9 heteroatoms. The van der Waals surface area contributed by atoms with Crippen LogP contribution in [-0.2, 0) is 14.8 Å². The highest BCUT2D eigenvalue weighted by molar-refractivity contribution is 7.94. The van der Waals surface area contributed by atoms with E-state index in [1.807, 2.05) is 0 Å². The molecule has 0 unspecified atom stereocenters. The maximum Gasteiger partial charge on any atom is 0.238 e. The SMILES string of the molecule is N#CCC(=O)Nc1ccc(S(=O)(=O)[N-]c2nccs2)cc1. The number of hydrogen-bond acceptors (Lipinski definition) is 6. The minimum Gasteiger partial charge on any atom is -0.433 e. The van der Waals surface area contributed by atoms with E-state index in [-0.39, 0.29) is 16.4 Å². The molecule has 1 N–H and O–H groups in total. The van der Waals surface area contributed by atoms with E-state index in [0.29, 0.717) is 5.69 Å². The zero-order chi connectivity index (χ0) is 15.3. The van der Waals surface area contributed by atoms with Gasteiger partial charge in [0, 0.05) is 10.8 Å². The lowest BCUT2D eigenvalue weighted by atomic mass is 10.3. The van der Waals surface area contributed by atoms with E-state index in [4.69, 9.17) is 5.26 Å². The number of carbonyl (C=O) groups excluding carboxylic acids is 1. The van der Waals surface area contributed by atoms with Crippen molar-refractivity contribution in [2.24, 2.45) is 0 Å². The molecule has 2 rings (SSSR count). The van der Waals surface area contributed by atoms with Gasteiger partial charge in [0.2, 0.25) is 15.9 Å². The van der Waals surface area contributed by atoms with Gasteiger partial charge in [-0.1, -0.05) is 6.20 Å². The fourth-order valence-corrected chi connectivity index (χ4v) is 3.07. The molecule has 0 atom stereocenters. The Hall–Kier alpha value is -2.44. The Labute approximate surface area is 125 Å². The number of nitrogens with one attached hydrogen (secondary N) is 1. The highest BCUT2D eigenvalue weighted by Crippen LogP contribution is 2.29. The minimum atomic E-state index is -3.83. The Kier molecular flexibility index (Phi) is 4.52. The number of nitriles is 1. The molecule has 2 aromatic rings. The molecule has 0 saturated carbocycles. The molecular formula is C12H9N4O3S2-. The second-order valence-corrected chi connectivity index (χ2v) is 6.27. The van der Waals surface area contributed by atoms with Gasteiger partial charge in [-0.3, -0.25) is 4.79 Å². The molecule has 0 spiro atoms. The topological polar surface area (TPSA) is 114 Å². The largest absolute Gasteiger partial charge is 0.433 e. The zero-order valence-electron chi connectivity index (χ0n) is 10.6. The van der Waals surface area contributed by atoms with Gasteiger partial charge in [0.15, 0.2) is 0 Å². The zero-order valence-corrected chi connectivity index (χ0v) is 12.2. The molecule has 0 aliphatic rings. The molecule has 0 aliphatic heterocycles. The lowest BCUT2D eigenvalue weighted by Crippen LogP contribution is -2.10. The van der Waals surface area contributed by atoms with E-state index >= 15 is 0 Å². The van der Waals surface area contributed by atoms with E-state index < -0.39 is 15.9 Å². The van der Waals surface area contributed by atoms with Gasteiger partial charge in [0.1, 0.15) is 6.42 Å². The van der Waals surface area contributed by atoms with Gasteiger partial charge < -0.3 is 15.0 Å². The number of benzene rings is 1. The molecule has 108 valence electrons. The van der Waals surface area contributed by atoms with Gasteiger partial charge in [-0.05, 0) is 29.6 Å². The summed E-state index contributed by atoms with van der Waals surface area (Å²) < 4.78 is 27.6. The number of amides is 1. The van der Waals surface area contributed by atoms with Gasteiger partial charge in [-0.25, -0.2) is 8.42 Å². The summed E-state index contributed by atoms with van der Waals surface area (Å²) in [5.74, 6) is -0.458. The number of thiazole rings is 1. The Balaban J connectivity index is 2.11. The Morgan fingerprint density at radius 1 is 1.38 bits per heavy atom. The van der Waals surface area contributed by atoms with Crippen LogP contribution in [-0.4, -0.2) is 19.3 Å². The highest BCUT2D eigenvalue weighted by Gasteiger charge is 2.10. The summed E-state index contributed by atoms with van der Waals surface area (Å²) in [6.45, 7) is 0. The van der Waals surface area contributed by atoms with E-state index in [9.17, 15) is 13.2 Å². The minimum absolute atomic E-state index is 0.00372. The fourth-order valence-electron chi connectivity index (χ4n) is 1.40. The number of aromatic nitrogens is 1. The molecule has 0 bridgehead atoms. The van der Waals surface area contributed by atoms with Crippen LogP contribution in [0.25, 0.3) is 4.72 Å². The van der Waals surface area contributed by atoms with Crippen LogP contribution in [0.15, 0.2) is 40.7 Å². The molecule has 1 amide bonds. The predicted octanol–water partition coefficient (Wildman–Crippen LogP) is 2.39. The molecule has 0 fully saturated rings. The summed E-state index contributed by atoms with van der Waals surface area (Å²) in [4.78, 5) is 15.0. The normalized spacial score (nSPS) is 10.6. The lowest BCUT2D eigenvalue weighted by molar-refractivity contribution is -0.115. The van der Waals surface area contributed by atoms with Gasteiger partial charge in [-0.15, -0.1) is 0 Å². The Bertz CT molecular complexity index is 762. The Morgan fingerprint density at radius 3 is 2.67 bits per heavy atom.